The van der Waals surface area contributed by atoms with Gasteiger partial charge in [-0.05, 0) is 44.2 Å². The molecule has 0 saturated carbocycles. The number of carbonyl (C=O) groups is 1. The van der Waals surface area contributed by atoms with E-state index in [-0.39, 0.29) is 18.4 Å². The number of hydrogen-bond acceptors (Lipinski definition) is 5. The number of rotatable bonds is 9. The van der Waals surface area contributed by atoms with Gasteiger partial charge in [-0.25, -0.2) is 4.98 Å². The van der Waals surface area contributed by atoms with Crippen molar-refractivity contribution in [3.8, 4) is 11.5 Å². The van der Waals surface area contributed by atoms with Gasteiger partial charge in [-0.2, -0.15) is 0 Å². The Balaban J connectivity index is 1.48. The highest BCUT2D eigenvalue weighted by Gasteiger charge is 2.10. The van der Waals surface area contributed by atoms with Crippen molar-refractivity contribution in [2.24, 2.45) is 0 Å². The molecule has 0 fully saturated rings. The maximum Gasteiger partial charge on any atom is 0.226 e. The summed E-state index contributed by atoms with van der Waals surface area (Å²) in [5.41, 5.74) is 1.68. The largest absolute Gasteiger partial charge is 0.491 e. The summed E-state index contributed by atoms with van der Waals surface area (Å²) in [6.45, 7) is 4.73. The second-order valence-corrected chi connectivity index (χ2v) is 8.08. The SMILES string of the molecule is CC(C)Oc1ccccc1CNC(=O)Cc1csc(COc2ccc(Cl)cc2)n1. The highest BCUT2D eigenvalue weighted by molar-refractivity contribution is 7.09. The third-order valence-electron chi connectivity index (χ3n) is 3.93. The van der Waals surface area contributed by atoms with Gasteiger partial charge in [0.25, 0.3) is 0 Å². The second kappa shape index (κ2) is 10.3. The predicted octanol–water partition coefficient (Wildman–Crippen LogP) is 5.02. The van der Waals surface area contributed by atoms with Crippen molar-refractivity contribution in [3.63, 3.8) is 0 Å². The average molecular weight is 431 g/mol. The van der Waals surface area contributed by atoms with E-state index in [1.807, 2.05) is 55.6 Å². The molecule has 2 aromatic carbocycles. The van der Waals surface area contributed by atoms with E-state index < -0.39 is 0 Å². The molecule has 0 unspecified atom stereocenters. The summed E-state index contributed by atoms with van der Waals surface area (Å²) in [5, 5.41) is 6.30. The van der Waals surface area contributed by atoms with Crippen LogP contribution in [0.4, 0.5) is 0 Å². The first-order valence-electron chi connectivity index (χ1n) is 9.32. The molecule has 0 aliphatic rings. The number of carbonyl (C=O) groups excluding carboxylic acids is 1. The zero-order chi connectivity index (χ0) is 20.6. The van der Waals surface area contributed by atoms with Crippen LogP contribution < -0.4 is 14.8 Å². The summed E-state index contributed by atoms with van der Waals surface area (Å²) >= 11 is 7.34. The van der Waals surface area contributed by atoms with Gasteiger partial charge in [0, 0.05) is 22.5 Å². The molecule has 152 valence electrons. The summed E-state index contributed by atoms with van der Waals surface area (Å²) in [5.74, 6) is 1.43. The van der Waals surface area contributed by atoms with Gasteiger partial charge in [-0.15, -0.1) is 11.3 Å². The van der Waals surface area contributed by atoms with Gasteiger partial charge in [0.15, 0.2) is 0 Å². The summed E-state index contributed by atoms with van der Waals surface area (Å²) in [6.07, 6.45) is 0.306. The number of aromatic nitrogens is 1. The molecule has 7 heteroatoms. The lowest BCUT2D eigenvalue weighted by Gasteiger charge is -2.14. The van der Waals surface area contributed by atoms with Crippen LogP contribution in [-0.4, -0.2) is 17.0 Å². The Bertz CT molecular complexity index is 941. The number of hydrogen-bond donors (Lipinski definition) is 1. The maximum atomic E-state index is 12.3. The summed E-state index contributed by atoms with van der Waals surface area (Å²) in [4.78, 5) is 16.8. The van der Waals surface area contributed by atoms with Crippen molar-refractivity contribution in [2.45, 2.75) is 39.5 Å². The van der Waals surface area contributed by atoms with Gasteiger partial charge >= 0.3 is 0 Å². The minimum absolute atomic E-state index is 0.0790. The normalized spacial score (nSPS) is 10.8. The van der Waals surface area contributed by atoms with Crippen LogP contribution in [0.5, 0.6) is 11.5 Å². The lowest BCUT2D eigenvalue weighted by Crippen LogP contribution is -2.25. The van der Waals surface area contributed by atoms with Gasteiger partial charge in [0.1, 0.15) is 23.1 Å². The second-order valence-electron chi connectivity index (χ2n) is 6.70. The smallest absolute Gasteiger partial charge is 0.226 e. The van der Waals surface area contributed by atoms with E-state index in [9.17, 15) is 4.79 Å². The van der Waals surface area contributed by atoms with Gasteiger partial charge in [0.05, 0.1) is 18.2 Å². The Kier molecular flexibility index (Phi) is 7.49. The highest BCUT2D eigenvalue weighted by atomic mass is 35.5. The molecule has 3 rings (SSSR count). The number of nitrogens with zero attached hydrogens (tertiary/aromatic N) is 1. The first-order valence-corrected chi connectivity index (χ1v) is 10.6. The fraction of sp³-hybridized carbons (Fsp3) is 0.273. The molecule has 0 radical (unpaired) electrons. The summed E-state index contributed by atoms with van der Waals surface area (Å²) < 4.78 is 11.5. The van der Waals surface area contributed by atoms with Crippen LogP contribution in [0.15, 0.2) is 53.9 Å². The Hall–Kier alpha value is -2.57. The zero-order valence-electron chi connectivity index (χ0n) is 16.4. The number of ether oxygens (including phenoxy) is 2. The molecule has 0 atom stereocenters. The van der Waals surface area contributed by atoms with E-state index in [0.717, 1.165) is 27.8 Å². The molecular weight excluding hydrogens is 408 g/mol. The number of nitrogens with one attached hydrogen (secondary N) is 1. The summed E-state index contributed by atoms with van der Waals surface area (Å²) in [7, 11) is 0. The number of halogens is 1. The third-order valence-corrected chi connectivity index (χ3v) is 5.05. The monoisotopic (exact) mass is 430 g/mol. The van der Waals surface area contributed by atoms with E-state index >= 15 is 0 Å². The minimum Gasteiger partial charge on any atom is -0.491 e. The molecule has 0 spiro atoms. The van der Waals surface area contributed by atoms with Crippen molar-refractivity contribution >= 4 is 28.8 Å². The molecule has 0 saturated heterocycles. The molecular formula is C22H23ClN2O3S. The molecule has 0 aliphatic carbocycles. The first kappa shape index (κ1) is 21.1. The lowest BCUT2D eigenvalue weighted by molar-refractivity contribution is -0.120. The van der Waals surface area contributed by atoms with E-state index in [1.54, 1.807) is 12.1 Å². The van der Waals surface area contributed by atoms with Gasteiger partial charge in [-0.1, -0.05) is 29.8 Å². The third kappa shape index (κ3) is 6.76. The van der Waals surface area contributed by atoms with Crippen molar-refractivity contribution in [1.82, 2.24) is 10.3 Å². The fourth-order valence-corrected chi connectivity index (χ4v) is 3.44. The minimum atomic E-state index is -0.0835. The number of thiazole rings is 1. The van der Waals surface area contributed by atoms with Crippen molar-refractivity contribution in [3.05, 3.63) is 75.2 Å². The van der Waals surface area contributed by atoms with Crippen molar-refractivity contribution in [1.29, 1.82) is 0 Å². The maximum absolute atomic E-state index is 12.3. The van der Waals surface area contributed by atoms with Gasteiger partial charge in [-0.3, -0.25) is 4.79 Å². The molecule has 1 amide bonds. The van der Waals surface area contributed by atoms with Crippen LogP contribution in [-0.2, 0) is 24.4 Å². The molecule has 1 aromatic heterocycles. The Morgan fingerprint density at radius 3 is 2.69 bits per heavy atom. The molecule has 1 N–H and O–H groups in total. The standard InChI is InChI=1S/C22H23ClN2O3S/c1-15(2)28-20-6-4-3-5-16(20)12-24-21(26)11-18-14-29-22(25-18)13-27-19-9-7-17(23)8-10-19/h3-10,14-15H,11-13H2,1-2H3,(H,24,26). The molecule has 1 heterocycles. The van der Waals surface area contributed by atoms with Crippen molar-refractivity contribution < 1.29 is 14.3 Å². The Labute approximate surface area is 179 Å². The van der Waals surface area contributed by atoms with Gasteiger partial charge < -0.3 is 14.8 Å². The fourth-order valence-electron chi connectivity index (χ4n) is 2.61. The van der Waals surface area contributed by atoms with E-state index in [2.05, 4.69) is 10.3 Å². The lowest BCUT2D eigenvalue weighted by atomic mass is 10.2. The number of amides is 1. The molecule has 3 aromatic rings. The highest BCUT2D eigenvalue weighted by Crippen LogP contribution is 2.20. The van der Waals surface area contributed by atoms with E-state index in [4.69, 9.17) is 21.1 Å². The van der Waals surface area contributed by atoms with Crippen LogP contribution in [0.1, 0.15) is 30.1 Å². The van der Waals surface area contributed by atoms with E-state index in [0.29, 0.717) is 18.2 Å². The predicted molar refractivity (Wildman–Crippen MR) is 116 cm³/mol. The van der Waals surface area contributed by atoms with Crippen LogP contribution in [0.3, 0.4) is 0 Å². The molecule has 0 bridgehead atoms. The number of para-hydroxylation sites is 1. The van der Waals surface area contributed by atoms with Gasteiger partial charge in [0.2, 0.25) is 5.91 Å². The quantitative estimate of drug-likeness (QED) is 0.517. The molecule has 0 aliphatic heterocycles. The Morgan fingerprint density at radius 1 is 1.17 bits per heavy atom. The topological polar surface area (TPSA) is 60.5 Å². The molecule has 5 nitrogen and oxygen atoms in total. The zero-order valence-corrected chi connectivity index (χ0v) is 17.9. The molecule has 29 heavy (non-hydrogen) atoms. The van der Waals surface area contributed by atoms with Crippen LogP contribution in [0, 0.1) is 0 Å². The average Bonchev–Trinajstić information content (AvgIpc) is 3.14. The van der Waals surface area contributed by atoms with E-state index in [1.165, 1.54) is 11.3 Å². The number of benzene rings is 2. The van der Waals surface area contributed by atoms with Crippen LogP contribution in [0.2, 0.25) is 5.02 Å². The van der Waals surface area contributed by atoms with Crippen LogP contribution >= 0.6 is 22.9 Å². The van der Waals surface area contributed by atoms with Crippen LogP contribution in [0.25, 0.3) is 0 Å². The first-order chi connectivity index (χ1) is 14.0. The Morgan fingerprint density at radius 2 is 1.93 bits per heavy atom. The summed E-state index contributed by atoms with van der Waals surface area (Å²) in [6, 6.07) is 14.9. The van der Waals surface area contributed by atoms with Crippen molar-refractivity contribution in [2.75, 3.05) is 0 Å².